The molecule has 0 atom stereocenters. The molecule has 0 fully saturated rings. The zero-order chi connectivity index (χ0) is 18.7. The molecule has 0 aliphatic carbocycles. The Labute approximate surface area is 150 Å². The summed E-state index contributed by atoms with van der Waals surface area (Å²) in [4.78, 5) is 12.0. The molecule has 6 heteroatoms. The molecular formula is C20H19F2N3O. The van der Waals surface area contributed by atoms with Crippen molar-refractivity contribution in [3.05, 3.63) is 82.7 Å². The summed E-state index contributed by atoms with van der Waals surface area (Å²) in [5.74, 6) is -2.12. The third-order valence-corrected chi connectivity index (χ3v) is 4.07. The molecule has 0 spiro atoms. The molecule has 4 nitrogen and oxygen atoms in total. The maximum absolute atomic E-state index is 13.6. The Morgan fingerprint density at radius 1 is 1.08 bits per heavy atom. The third-order valence-electron chi connectivity index (χ3n) is 4.07. The van der Waals surface area contributed by atoms with Gasteiger partial charge in [-0.2, -0.15) is 5.10 Å². The van der Waals surface area contributed by atoms with Gasteiger partial charge in [-0.3, -0.25) is 4.79 Å². The van der Waals surface area contributed by atoms with Gasteiger partial charge in [0, 0.05) is 18.3 Å². The summed E-state index contributed by atoms with van der Waals surface area (Å²) in [7, 11) is 0. The van der Waals surface area contributed by atoms with Crippen molar-refractivity contribution in [2.45, 2.75) is 20.3 Å². The number of nitrogens with zero attached hydrogens (tertiary/aromatic N) is 2. The lowest BCUT2D eigenvalue weighted by atomic mass is 10.1. The lowest BCUT2D eigenvalue weighted by Gasteiger charge is -2.08. The number of aromatic nitrogens is 2. The largest absolute Gasteiger partial charge is 0.352 e. The summed E-state index contributed by atoms with van der Waals surface area (Å²) in [5, 5.41) is 7.09. The molecule has 1 heterocycles. The van der Waals surface area contributed by atoms with Gasteiger partial charge in [0.25, 0.3) is 5.91 Å². The lowest BCUT2D eigenvalue weighted by Crippen LogP contribution is -2.26. The standard InChI is InChI=1S/C20H19F2N3O/c1-13-11-14(2)25(24-13)17-6-3-15(4-7-17)9-10-23-20(26)18-8-5-16(21)12-19(18)22/h3-8,11-12H,9-10H2,1-2H3,(H,23,26). The molecule has 1 amide bonds. The summed E-state index contributed by atoms with van der Waals surface area (Å²) in [6.45, 7) is 4.30. The summed E-state index contributed by atoms with van der Waals surface area (Å²) < 4.78 is 28.3. The van der Waals surface area contributed by atoms with Gasteiger partial charge in [0.1, 0.15) is 11.6 Å². The van der Waals surface area contributed by atoms with Crippen LogP contribution in [0.25, 0.3) is 5.69 Å². The molecule has 134 valence electrons. The second-order valence-corrected chi connectivity index (χ2v) is 6.14. The fourth-order valence-electron chi connectivity index (χ4n) is 2.78. The van der Waals surface area contributed by atoms with Gasteiger partial charge in [-0.05, 0) is 56.2 Å². The highest BCUT2D eigenvalue weighted by Crippen LogP contribution is 2.13. The molecule has 0 saturated carbocycles. The first-order chi connectivity index (χ1) is 12.4. The van der Waals surface area contributed by atoms with Crippen molar-refractivity contribution in [3.8, 4) is 5.69 Å². The highest BCUT2D eigenvalue weighted by molar-refractivity contribution is 5.94. The van der Waals surface area contributed by atoms with E-state index in [2.05, 4.69) is 10.4 Å². The van der Waals surface area contributed by atoms with Crippen LogP contribution in [0.1, 0.15) is 27.3 Å². The molecule has 1 N–H and O–H groups in total. The van der Waals surface area contributed by atoms with E-state index in [1.807, 2.05) is 48.9 Å². The van der Waals surface area contributed by atoms with E-state index in [1.165, 1.54) is 0 Å². The van der Waals surface area contributed by atoms with Crippen molar-refractivity contribution in [1.82, 2.24) is 15.1 Å². The number of hydrogen-bond donors (Lipinski definition) is 1. The molecule has 0 unspecified atom stereocenters. The Kier molecular flexibility index (Phi) is 5.11. The van der Waals surface area contributed by atoms with Gasteiger partial charge in [0.05, 0.1) is 16.9 Å². The van der Waals surface area contributed by atoms with Gasteiger partial charge in [-0.1, -0.05) is 12.1 Å². The van der Waals surface area contributed by atoms with Gasteiger partial charge in [-0.25, -0.2) is 13.5 Å². The van der Waals surface area contributed by atoms with E-state index < -0.39 is 17.5 Å². The first kappa shape index (κ1) is 17.8. The average molecular weight is 355 g/mol. The minimum absolute atomic E-state index is 0.161. The number of carbonyl (C=O) groups is 1. The van der Waals surface area contributed by atoms with E-state index in [-0.39, 0.29) is 5.56 Å². The Hall–Kier alpha value is -3.02. The van der Waals surface area contributed by atoms with E-state index in [1.54, 1.807) is 0 Å². The van der Waals surface area contributed by atoms with E-state index in [0.29, 0.717) is 19.0 Å². The van der Waals surface area contributed by atoms with Gasteiger partial charge in [0.15, 0.2) is 0 Å². The second-order valence-electron chi connectivity index (χ2n) is 6.14. The molecule has 0 bridgehead atoms. The average Bonchev–Trinajstić information content (AvgIpc) is 2.93. The number of aryl methyl sites for hydroxylation is 2. The van der Waals surface area contributed by atoms with Crippen LogP contribution in [0.3, 0.4) is 0 Å². The van der Waals surface area contributed by atoms with Crippen LogP contribution in [0.15, 0.2) is 48.5 Å². The Morgan fingerprint density at radius 2 is 1.81 bits per heavy atom. The van der Waals surface area contributed by atoms with Crippen LogP contribution >= 0.6 is 0 Å². The number of halogens is 2. The lowest BCUT2D eigenvalue weighted by molar-refractivity contribution is 0.0950. The summed E-state index contributed by atoms with van der Waals surface area (Å²) in [5.41, 5.74) is 3.87. The van der Waals surface area contributed by atoms with Gasteiger partial charge >= 0.3 is 0 Å². The molecule has 0 aliphatic rings. The number of benzene rings is 2. The maximum atomic E-state index is 13.6. The monoisotopic (exact) mass is 355 g/mol. The second kappa shape index (κ2) is 7.47. The normalized spacial score (nSPS) is 10.8. The Balaban J connectivity index is 1.58. The van der Waals surface area contributed by atoms with Crippen LogP contribution in [0.4, 0.5) is 8.78 Å². The zero-order valence-corrected chi connectivity index (χ0v) is 14.6. The number of amides is 1. The molecule has 2 aromatic carbocycles. The minimum atomic E-state index is -0.864. The molecule has 0 radical (unpaired) electrons. The molecule has 3 rings (SSSR count). The van der Waals surface area contributed by atoms with Crippen LogP contribution < -0.4 is 5.32 Å². The van der Waals surface area contributed by atoms with Crippen molar-refractivity contribution in [3.63, 3.8) is 0 Å². The quantitative estimate of drug-likeness (QED) is 0.758. The van der Waals surface area contributed by atoms with Gasteiger partial charge in [0.2, 0.25) is 0 Å². The van der Waals surface area contributed by atoms with Crippen LogP contribution in [-0.4, -0.2) is 22.2 Å². The fraction of sp³-hybridized carbons (Fsp3) is 0.200. The van der Waals surface area contributed by atoms with Crippen LogP contribution in [0, 0.1) is 25.5 Å². The van der Waals surface area contributed by atoms with Crippen molar-refractivity contribution < 1.29 is 13.6 Å². The molecule has 1 aromatic heterocycles. The predicted octanol–water partition coefficient (Wildman–Crippen LogP) is 3.74. The highest BCUT2D eigenvalue weighted by Gasteiger charge is 2.12. The third kappa shape index (κ3) is 3.96. The number of carbonyl (C=O) groups excluding carboxylic acids is 1. The molecular weight excluding hydrogens is 336 g/mol. The molecule has 26 heavy (non-hydrogen) atoms. The van der Waals surface area contributed by atoms with E-state index in [9.17, 15) is 13.6 Å². The number of hydrogen-bond acceptors (Lipinski definition) is 2. The van der Waals surface area contributed by atoms with Gasteiger partial charge in [-0.15, -0.1) is 0 Å². The SMILES string of the molecule is Cc1cc(C)n(-c2ccc(CCNC(=O)c3ccc(F)cc3F)cc2)n1. The Morgan fingerprint density at radius 3 is 2.42 bits per heavy atom. The van der Waals surface area contributed by atoms with E-state index in [4.69, 9.17) is 0 Å². The van der Waals surface area contributed by atoms with Crippen molar-refractivity contribution in [2.75, 3.05) is 6.54 Å². The van der Waals surface area contributed by atoms with Crippen molar-refractivity contribution >= 4 is 5.91 Å². The number of rotatable bonds is 5. The number of nitrogens with one attached hydrogen (secondary N) is 1. The zero-order valence-electron chi connectivity index (χ0n) is 14.6. The first-order valence-electron chi connectivity index (χ1n) is 8.30. The molecule has 0 saturated heterocycles. The van der Waals surface area contributed by atoms with Crippen molar-refractivity contribution in [2.24, 2.45) is 0 Å². The first-order valence-corrected chi connectivity index (χ1v) is 8.30. The van der Waals surface area contributed by atoms with Gasteiger partial charge < -0.3 is 5.32 Å². The summed E-state index contributed by atoms with van der Waals surface area (Å²) >= 11 is 0. The molecule has 0 aliphatic heterocycles. The fourth-order valence-corrected chi connectivity index (χ4v) is 2.78. The predicted molar refractivity (Wildman–Crippen MR) is 95.4 cm³/mol. The smallest absolute Gasteiger partial charge is 0.254 e. The van der Waals surface area contributed by atoms with Crippen LogP contribution in [0.5, 0.6) is 0 Å². The topological polar surface area (TPSA) is 46.9 Å². The highest BCUT2D eigenvalue weighted by atomic mass is 19.1. The minimum Gasteiger partial charge on any atom is -0.352 e. The summed E-state index contributed by atoms with van der Waals surface area (Å²) in [6.07, 6.45) is 0.603. The summed E-state index contributed by atoms with van der Waals surface area (Å²) in [6, 6.07) is 12.8. The van der Waals surface area contributed by atoms with Crippen molar-refractivity contribution in [1.29, 1.82) is 0 Å². The van der Waals surface area contributed by atoms with E-state index in [0.717, 1.165) is 34.8 Å². The van der Waals surface area contributed by atoms with Crippen LogP contribution in [0.2, 0.25) is 0 Å². The van der Waals surface area contributed by atoms with Crippen LogP contribution in [-0.2, 0) is 6.42 Å². The maximum Gasteiger partial charge on any atom is 0.254 e. The Bertz CT molecular complexity index is 933. The van der Waals surface area contributed by atoms with E-state index >= 15 is 0 Å². The molecule has 3 aromatic rings.